The molecule has 2 rings (SSSR count). The standard InChI is InChI=1S/C20H29N3O2S/c1-5-16-9-10-17(26-16)14-23-20(21-2)22-12-6-7-15-8-11-18(24-3)19(13-15)25-4/h8-11,13H,5-7,12,14H2,1-4H3,(H2,21,22,23). The van der Waals surface area contributed by atoms with Crippen molar-refractivity contribution in [2.45, 2.75) is 32.7 Å². The van der Waals surface area contributed by atoms with Crippen LogP contribution in [0.1, 0.15) is 28.7 Å². The highest BCUT2D eigenvalue weighted by Gasteiger charge is 2.05. The third kappa shape index (κ3) is 5.95. The summed E-state index contributed by atoms with van der Waals surface area (Å²) in [6.45, 7) is 3.85. The van der Waals surface area contributed by atoms with Gasteiger partial charge in [0.2, 0.25) is 0 Å². The number of nitrogens with one attached hydrogen (secondary N) is 2. The lowest BCUT2D eigenvalue weighted by Crippen LogP contribution is -2.37. The van der Waals surface area contributed by atoms with Gasteiger partial charge in [0, 0.05) is 23.3 Å². The van der Waals surface area contributed by atoms with Gasteiger partial charge >= 0.3 is 0 Å². The van der Waals surface area contributed by atoms with Crippen molar-refractivity contribution < 1.29 is 9.47 Å². The molecule has 1 aromatic carbocycles. The smallest absolute Gasteiger partial charge is 0.191 e. The lowest BCUT2D eigenvalue weighted by Gasteiger charge is -2.12. The third-order valence-electron chi connectivity index (χ3n) is 4.10. The van der Waals surface area contributed by atoms with Crippen molar-refractivity contribution >= 4 is 17.3 Å². The first kappa shape index (κ1) is 20.1. The van der Waals surface area contributed by atoms with Gasteiger partial charge in [-0.1, -0.05) is 13.0 Å². The van der Waals surface area contributed by atoms with Crippen LogP contribution in [0.4, 0.5) is 0 Å². The second kappa shape index (κ2) is 10.7. The van der Waals surface area contributed by atoms with E-state index in [0.717, 1.165) is 49.8 Å². The number of methoxy groups -OCH3 is 2. The molecule has 142 valence electrons. The molecule has 1 aromatic heterocycles. The maximum atomic E-state index is 5.35. The van der Waals surface area contributed by atoms with E-state index < -0.39 is 0 Å². The largest absolute Gasteiger partial charge is 0.493 e. The van der Waals surface area contributed by atoms with E-state index >= 15 is 0 Å². The van der Waals surface area contributed by atoms with Crippen LogP contribution < -0.4 is 20.1 Å². The summed E-state index contributed by atoms with van der Waals surface area (Å²) in [6.07, 6.45) is 3.07. The molecule has 2 N–H and O–H groups in total. The van der Waals surface area contributed by atoms with Crippen molar-refractivity contribution in [2.24, 2.45) is 4.99 Å². The number of hydrogen-bond acceptors (Lipinski definition) is 4. The number of benzene rings is 1. The van der Waals surface area contributed by atoms with Gasteiger partial charge in [-0.2, -0.15) is 0 Å². The zero-order valence-electron chi connectivity index (χ0n) is 16.1. The van der Waals surface area contributed by atoms with Crippen molar-refractivity contribution in [1.29, 1.82) is 0 Å². The molecule has 0 saturated heterocycles. The fourth-order valence-corrected chi connectivity index (χ4v) is 3.53. The lowest BCUT2D eigenvalue weighted by atomic mass is 10.1. The summed E-state index contributed by atoms with van der Waals surface area (Å²) < 4.78 is 10.6. The Balaban J connectivity index is 1.73. The van der Waals surface area contributed by atoms with E-state index in [1.807, 2.05) is 23.5 Å². The molecule has 2 aromatic rings. The number of guanidine groups is 1. The normalized spacial score (nSPS) is 11.3. The fraction of sp³-hybridized carbons (Fsp3) is 0.450. The summed E-state index contributed by atoms with van der Waals surface area (Å²) in [7, 11) is 5.12. The first-order chi connectivity index (χ1) is 12.7. The van der Waals surface area contributed by atoms with E-state index in [1.54, 1.807) is 21.3 Å². The number of hydrogen-bond donors (Lipinski definition) is 2. The number of nitrogens with zero attached hydrogens (tertiary/aromatic N) is 1. The Morgan fingerprint density at radius 1 is 1.04 bits per heavy atom. The topological polar surface area (TPSA) is 54.9 Å². The molecule has 0 spiro atoms. The van der Waals surface area contributed by atoms with Crippen molar-refractivity contribution in [3.63, 3.8) is 0 Å². The second-order valence-electron chi connectivity index (χ2n) is 5.87. The SMILES string of the molecule is CCc1ccc(CNC(=NC)NCCCc2ccc(OC)c(OC)c2)s1. The van der Waals surface area contributed by atoms with E-state index in [2.05, 4.69) is 40.7 Å². The molecule has 0 unspecified atom stereocenters. The number of rotatable bonds is 9. The Hall–Kier alpha value is -2.21. The first-order valence-corrected chi connectivity index (χ1v) is 9.74. The second-order valence-corrected chi connectivity index (χ2v) is 7.12. The molecule has 0 saturated carbocycles. The molecule has 0 aliphatic rings. The molecule has 0 amide bonds. The molecule has 5 nitrogen and oxygen atoms in total. The Bertz CT molecular complexity index is 713. The molecule has 0 fully saturated rings. The molecule has 0 aliphatic carbocycles. The third-order valence-corrected chi connectivity index (χ3v) is 5.33. The summed E-state index contributed by atoms with van der Waals surface area (Å²) in [5.74, 6) is 2.38. The Morgan fingerprint density at radius 2 is 1.81 bits per heavy atom. The van der Waals surface area contributed by atoms with Gasteiger partial charge in [-0.3, -0.25) is 4.99 Å². The molecule has 0 aliphatic heterocycles. The first-order valence-electron chi connectivity index (χ1n) is 8.93. The highest BCUT2D eigenvalue weighted by Crippen LogP contribution is 2.27. The Labute approximate surface area is 160 Å². The zero-order chi connectivity index (χ0) is 18.8. The van der Waals surface area contributed by atoms with Gasteiger partial charge in [0.05, 0.1) is 20.8 Å². The Morgan fingerprint density at radius 3 is 2.46 bits per heavy atom. The molecule has 0 radical (unpaired) electrons. The molecule has 1 heterocycles. The van der Waals surface area contributed by atoms with Crippen LogP contribution in [0, 0.1) is 0 Å². The molecule has 0 bridgehead atoms. The van der Waals surface area contributed by atoms with Gasteiger partial charge < -0.3 is 20.1 Å². The monoisotopic (exact) mass is 375 g/mol. The van der Waals surface area contributed by atoms with E-state index in [-0.39, 0.29) is 0 Å². The molecule has 6 heteroatoms. The fourth-order valence-electron chi connectivity index (χ4n) is 2.63. The average molecular weight is 376 g/mol. The van der Waals surface area contributed by atoms with Gasteiger partial charge in [0.25, 0.3) is 0 Å². The summed E-state index contributed by atoms with van der Waals surface area (Å²) in [6, 6.07) is 10.4. The van der Waals surface area contributed by atoms with Crippen LogP contribution in [-0.4, -0.2) is 33.8 Å². The van der Waals surface area contributed by atoms with Gasteiger partial charge in [-0.05, 0) is 49.1 Å². The van der Waals surface area contributed by atoms with Crippen LogP contribution in [0.25, 0.3) is 0 Å². The average Bonchev–Trinajstić information content (AvgIpc) is 3.15. The van der Waals surface area contributed by atoms with Gasteiger partial charge in [-0.15, -0.1) is 11.3 Å². The van der Waals surface area contributed by atoms with Crippen LogP contribution in [-0.2, 0) is 19.4 Å². The lowest BCUT2D eigenvalue weighted by molar-refractivity contribution is 0.354. The number of aryl methyl sites for hydroxylation is 2. The highest BCUT2D eigenvalue weighted by atomic mass is 32.1. The predicted octanol–water partition coefficient (Wildman–Crippen LogP) is 3.63. The van der Waals surface area contributed by atoms with Crippen LogP contribution in [0.3, 0.4) is 0 Å². The van der Waals surface area contributed by atoms with Crippen molar-refractivity contribution in [2.75, 3.05) is 27.8 Å². The van der Waals surface area contributed by atoms with Gasteiger partial charge in [-0.25, -0.2) is 0 Å². The predicted molar refractivity (Wildman–Crippen MR) is 110 cm³/mol. The summed E-state index contributed by atoms with van der Waals surface area (Å²) in [5, 5.41) is 6.74. The summed E-state index contributed by atoms with van der Waals surface area (Å²) in [5.41, 5.74) is 1.23. The van der Waals surface area contributed by atoms with Crippen LogP contribution >= 0.6 is 11.3 Å². The maximum Gasteiger partial charge on any atom is 0.191 e. The highest BCUT2D eigenvalue weighted by molar-refractivity contribution is 7.11. The summed E-state index contributed by atoms with van der Waals surface area (Å²) >= 11 is 1.85. The minimum absolute atomic E-state index is 0.763. The van der Waals surface area contributed by atoms with Crippen LogP contribution in [0.5, 0.6) is 11.5 Å². The van der Waals surface area contributed by atoms with Crippen LogP contribution in [0.2, 0.25) is 0 Å². The molecular weight excluding hydrogens is 346 g/mol. The number of aliphatic imine (C=N–C) groups is 1. The number of ether oxygens (including phenoxy) is 2. The van der Waals surface area contributed by atoms with Crippen molar-refractivity contribution in [3.05, 3.63) is 45.6 Å². The quantitative estimate of drug-likeness (QED) is 0.399. The number of thiophene rings is 1. The maximum absolute atomic E-state index is 5.35. The van der Waals surface area contributed by atoms with Crippen molar-refractivity contribution in [1.82, 2.24) is 10.6 Å². The zero-order valence-corrected chi connectivity index (χ0v) is 16.9. The molecule has 26 heavy (non-hydrogen) atoms. The minimum atomic E-state index is 0.763. The van der Waals surface area contributed by atoms with Crippen LogP contribution in [0.15, 0.2) is 35.3 Å². The van der Waals surface area contributed by atoms with Gasteiger partial charge in [0.1, 0.15) is 0 Å². The minimum Gasteiger partial charge on any atom is -0.493 e. The van der Waals surface area contributed by atoms with E-state index in [4.69, 9.17) is 9.47 Å². The van der Waals surface area contributed by atoms with E-state index in [1.165, 1.54) is 15.3 Å². The van der Waals surface area contributed by atoms with Gasteiger partial charge in [0.15, 0.2) is 17.5 Å². The Kier molecular flexibility index (Phi) is 8.28. The van der Waals surface area contributed by atoms with Crippen molar-refractivity contribution in [3.8, 4) is 11.5 Å². The molecule has 0 atom stereocenters. The van der Waals surface area contributed by atoms with E-state index in [9.17, 15) is 0 Å². The molecular formula is C20H29N3O2S. The van der Waals surface area contributed by atoms with E-state index in [0.29, 0.717) is 0 Å². The summed E-state index contributed by atoms with van der Waals surface area (Å²) in [4.78, 5) is 7.03.